The Morgan fingerprint density at radius 2 is 1.89 bits per heavy atom. The summed E-state index contributed by atoms with van der Waals surface area (Å²) in [5.41, 5.74) is -0.675. The van der Waals surface area contributed by atoms with Crippen molar-refractivity contribution in [3.63, 3.8) is 0 Å². The molecule has 1 aliphatic rings. The maximum Gasteiger partial charge on any atom is 0.247 e. The normalized spacial score (nSPS) is 19.6. The Bertz CT molecular complexity index is 551. The van der Waals surface area contributed by atoms with Crippen LogP contribution in [0.15, 0.2) is 28.0 Å². The Hall–Kier alpha value is -1.14. The first-order valence-corrected chi connectivity index (χ1v) is 7.62. The molecule has 1 fully saturated rings. The Balaban J connectivity index is 2.21. The van der Waals surface area contributed by atoms with E-state index in [1.807, 2.05) is 6.92 Å². The summed E-state index contributed by atoms with van der Waals surface area (Å²) in [5.74, 6) is 0. The summed E-state index contributed by atoms with van der Waals surface area (Å²) >= 11 is 0. The summed E-state index contributed by atoms with van der Waals surface area (Å²) in [6, 6.07) is 2.55. The van der Waals surface area contributed by atoms with E-state index >= 15 is 0 Å². The molecule has 1 aliphatic carbocycles. The van der Waals surface area contributed by atoms with E-state index in [0.717, 1.165) is 32.1 Å². The van der Waals surface area contributed by atoms with Crippen molar-refractivity contribution in [3.05, 3.63) is 28.7 Å². The van der Waals surface area contributed by atoms with Gasteiger partial charge in [-0.3, -0.25) is 4.79 Å². The maximum atomic E-state index is 12.2. The molecule has 5 nitrogen and oxygen atoms in total. The van der Waals surface area contributed by atoms with Crippen LogP contribution in [0.1, 0.15) is 39.0 Å². The molecule has 0 aromatic carbocycles. The lowest BCUT2D eigenvalue weighted by molar-refractivity contribution is 0.294. The van der Waals surface area contributed by atoms with E-state index in [1.165, 1.54) is 18.3 Å². The van der Waals surface area contributed by atoms with Crippen LogP contribution >= 0.6 is 0 Å². The van der Waals surface area contributed by atoms with E-state index in [2.05, 4.69) is 9.71 Å². The quantitative estimate of drug-likeness (QED) is 0.870. The molecule has 1 aromatic rings. The first-order chi connectivity index (χ1) is 8.41. The lowest BCUT2D eigenvalue weighted by atomic mass is 9.84. The van der Waals surface area contributed by atoms with Crippen molar-refractivity contribution < 1.29 is 8.42 Å². The van der Waals surface area contributed by atoms with Crippen molar-refractivity contribution >= 4 is 10.0 Å². The minimum absolute atomic E-state index is 0.105. The van der Waals surface area contributed by atoms with Crippen LogP contribution in [0.5, 0.6) is 0 Å². The molecule has 18 heavy (non-hydrogen) atoms. The van der Waals surface area contributed by atoms with Crippen molar-refractivity contribution in [2.75, 3.05) is 0 Å². The first-order valence-electron chi connectivity index (χ1n) is 6.14. The number of rotatable bonds is 3. The van der Waals surface area contributed by atoms with Gasteiger partial charge in [-0.05, 0) is 25.8 Å². The number of sulfonamides is 1. The fourth-order valence-corrected chi connectivity index (χ4v) is 3.81. The molecule has 2 N–H and O–H groups in total. The van der Waals surface area contributed by atoms with E-state index in [9.17, 15) is 13.2 Å². The Morgan fingerprint density at radius 3 is 2.44 bits per heavy atom. The average Bonchev–Trinajstić information content (AvgIpc) is 2.29. The summed E-state index contributed by atoms with van der Waals surface area (Å²) in [7, 11) is -3.56. The Labute approximate surface area is 107 Å². The van der Waals surface area contributed by atoms with Crippen LogP contribution in [0.3, 0.4) is 0 Å². The first kappa shape index (κ1) is 13.3. The fraction of sp³-hybridized carbons (Fsp3) is 0.583. The smallest absolute Gasteiger partial charge is 0.247 e. The van der Waals surface area contributed by atoms with Gasteiger partial charge in [-0.2, -0.15) is 0 Å². The lowest BCUT2D eigenvalue weighted by Gasteiger charge is -2.34. The summed E-state index contributed by atoms with van der Waals surface area (Å²) in [6.07, 6.45) is 6.20. The van der Waals surface area contributed by atoms with Crippen LogP contribution in [0.2, 0.25) is 0 Å². The highest BCUT2D eigenvalue weighted by Crippen LogP contribution is 2.29. The van der Waals surface area contributed by atoms with Crippen molar-refractivity contribution in [1.29, 1.82) is 0 Å². The average molecular weight is 270 g/mol. The number of nitrogens with one attached hydrogen (secondary N) is 2. The largest absolute Gasteiger partial charge is 0.328 e. The van der Waals surface area contributed by atoms with Gasteiger partial charge < -0.3 is 4.98 Å². The lowest BCUT2D eigenvalue weighted by Crippen LogP contribution is -2.47. The maximum absolute atomic E-state index is 12.2. The Morgan fingerprint density at radius 1 is 1.22 bits per heavy atom. The summed E-state index contributed by atoms with van der Waals surface area (Å²) in [5, 5.41) is 0. The zero-order valence-corrected chi connectivity index (χ0v) is 11.2. The molecule has 0 bridgehead atoms. The molecule has 2 rings (SSSR count). The van der Waals surface area contributed by atoms with E-state index in [4.69, 9.17) is 0 Å². The summed E-state index contributed by atoms with van der Waals surface area (Å²) in [4.78, 5) is 13.4. The monoisotopic (exact) mass is 270 g/mol. The molecule has 6 heteroatoms. The van der Waals surface area contributed by atoms with Gasteiger partial charge in [0.05, 0.1) is 4.90 Å². The molecule has 0 radical (unpaired) electrons. The number of hydrogen-bond donors (Lipinski definition) is 2. The fourth-order valence-electron chi connectivity index (χ4n) is 2.38. The molecule has 0 aliphatic heterocycles. The van der Waals surface area contributed by atoms with Gasteiger partial charge in [-0.25, -0.2) is 13.1 Å². The van der Waals surface area contributed by atoms with Gasteiger partial charge in [0.1, 0.15) is 0 Å². The summed E-state index contributed by atoms with van der Waals surface area (Å²) < 4.78 is 27.1. The highest BCUT2D eigenvalue weighted by atomic mass is 32.2. The third-order valence-corrected chi connectivity index (χ3v) is 5.04. The van der Waals surface area contributed by atoms with Gasteiger partial charge in [0.15, 0.2) is 0 Å². The van der Waals surface area contributed by atoms with Crippen LogP contribution in [0, 0.1) is 0 Å². The highest BCUT2D eigenvalue weighted by Gasteiger charge is 2.31. The zero-order chi connectivity index (χ0) is 13.2. The second-order valence-corrected chi connectivity index (χ2v) is 6.80. The molecular formula is C12H18N2O3S. The van der Waals surface area contributed by atoms with Crippen molar-refractivity contribution in [2.45, 2.75) is 49.5 Å². The molecule has 0 atom stereocenters. The molecule has 1 saturated carbocycles. The number of aromatic nitrogens is 1. The van der Waals surface area contributed by atoms with Crippen molar-refractivity contribution in [3.8, 4) is 0 Å². The van der Waals surface area contributed by atoms with Gasteiger partial charge in [0.2, 0.25) is 15.6 Å². The summed E-state index contributed by atoms with van der Waals surface area (Å²) in [6.45, 7) is 1.94. The third-order valence-electron chi connectivity index (χ3n) is 3.40. The predicted octanol–water partition coefficient (Wildman–Crippen LogP) is 1.38. The van der Waals surface area contributed by atoms with Gasteiger partial charge in [0.25, 0.3) is 0 Å². The molecule has 100 valence electrons. The second kappa shape index (κ2) is 4.85. The SMILES string of the molecule is CC1(NS(=O)(=O)c2ccc(=O)[nH]c2)CCCCC1. The van der Waals surface area contributed by atoms with Crippen LogP contribution in [0.25, 0.3) is 0 Å². The van der Waals surface area contributed by atoms with Gasteiger partial charge in [-0.15, -0.1) is 0 Å². The third kappa shape index (κ3) is 3.00. The number of hydrogen-bond acceptors (Lipinski definition) is 3. The van der Waals surface area contributed by atoms with Crippen LogP contribution in [-0.4, -0.2) is 18.9 Å². The van der Waals surface area contributed by atoms with E-state index in [1.54, 1.807) is 0 Å². The number of H-pyrrole nitrogens is 1. The van der Waals surface area contributed by atoms with E-state index in [-0.39, 0.29) is 16.0 Å². The molecular weight excluding hydrogens is 252 g/mol. The predicted molar refractivity (Wildman–Crippen MR) is 68.9 cm³/mol. The van der Waals surface area contributed by atoms with Crippen LogP contribution < -0.4 is 10.3 Å². The minimum Gasteiger partial charge on any atom is -0.328 e. The minimum atomic E-state index is -3.56. The van der Waals surface area contributed by atoms with Gasteiger partial charge in [-0.1, -0.05) is 19.3 Å². The molecule has 0 saturated heterocycles. The molecule has 0 amide bonds. The topological polar surface area (TPSA) is 79.0 Å². The zero-order valence-electron chi connectivity index (χ0n) is 10.4. The molecule has 0 spiro atoms. The van der Waals surface area contributed by atoms with Crippen molar-refractivity contribution in [1.82, 2.24) is 9.71 Å². The van der Waals surface area contributed by atoms with E-state index in [0.29, 0.717) is 0 Å². The van der Waals surface area contributed by atoms with E-state index < -0.39 is 10.0 Å². The van der Waals surface area contributed by atoms with Crippen LogP contribution in [0.4, 0.5) is 0 Å². The van der Waals surface area contributed by atoms with Crippen molar-refractivity contribution in [2.24, 2.45) is 0 Å². The van der Waals surface area contributed by atoms with Crippen LogP contribution in [-0.2, 0) is 10.0 Å². The molecule has 1 heterocycles. The highest BCUT2D eigenvalue weighted by molar-refractivity contribution is 7.89. The molecule has 1 aromatic heterocycles. The van der Waals surface area contributed by atoms with Gasteiger partial charge in [0, 0.05) is 17.8 Å². The second-order valence-electron chi connectivity index (χ2n) is 5.12. The number of aromatic amines is 1. The standard InChI is InChI=1S/C12H18N2O3S/c1-12(7-3-2-4-8-12)14-18(16,17)10-5-6-11(15)13-9-10/h5-6,9,14H,2-4,7-8H2,1H3,(H,13,15). The molecule has 0 unspecified atom stereocenters. The number of pyridine rings is 1. The Kier molecular flexibility index (Phi) is 3.59. The van der Waals surface area contributed by atoms with Gasteiger partial charge >= 0.3 is 0 Å².